The van der Waals surface area contributed by atoms with Crippen molar-refractivity contribution in [2.45, 2.75) is 33.2 Å². The van der Waals surface area contributed by atoms with Crippen LogP contribution in [0.15, 0.2) is 9.59 Å². The molecule has 1 heterocycles. The highest BCUT2D eigenvalue weighted by molar-refractivity contribution is 5.04. The Hall–Kier alpha value is -1.39. The molecular formula is C10H15FN2O2. The van der Waals surface area contributed by atoms with Gasteiger partial charge in [-0.15, -0.1) is 0 Å². The number of rotatable bonds is 0. The summed E-state index contributed by atoms with van der Waals surface area (Å²) in [5, 5.41) is 0. The van der Waals surface area contributed by atoms with Crippen LogP contribution in [0, 0.1) is 12.7 Å². The first-order valence-corrected chi connectivity index (χ1v) is 4.66. The molecule has 1 rings (SSSR count). The van der Waals surface area contributed by atoms with Gasteiger partial charge >= 0.3 is 5.69 Å². The molecule has 5 heteroatoms. The second kappa shape index (κ2) is 3.32. The third kappa shape index (κ3) is 1.73. The van der Waals surface area contributed by atoms with Crippen molar-refractivity contribution in [2.75, 3.05) is 0 Å². The second-order valence-electron chi connectivity index (χ2n) is 4.55. The van der Waals surface area contributed by atoms with E-state index in [1.807, 2.05) is 0 Å². The van der Waals surface area contributed by atoms with Crippen LogP contribution in [-0.4, -0.2) is 9.13 Å². The third-order valence-electron chi connectivity index (χ3n) is 2.36. The van der Waals surface area contributed by atoms with Crippen molar-refractivity contribution in [3.63, 3.8) is 0 Å². The number of nitrogens with zero attached hydrogens (tertiary/aromatic N) is 2. The summed E-state index contributed by atoms with van der Waals surface area (Å²) in [7, 11) is 1.45. The maximum absolute atomic E-state index is 13.5. The van der Waals surface area contributed by atoms with E-state index in [0.717, 1.165) is 9.13 Å². The second-order valence-corrected chi connectivity index (χ2v) is 4.55. The van der Waals surface area contributed by atoms with Crippen LogP contribution in [0.5, 0.6) is 0 Å². The Labute approximate surface area is 87.0 Å². The molecule has 0 aliphatic rings. The monoisotopic (exact) mass is 214 g/mol. The lowest BCUT2D eigenvalue weighted by Gasteiger charge is -2.22. The molecule has 0 unspecified atom stereocenters. The van der Waals surface area contributed by atoms with Gasteiger partial charge in [-0.2, -0.15) is 4.39 Å². The van der Waals surface area contributed by atoms with E-state index in [9.17, 15) is 14.0 Å². The summed E-state index contributed by atoms with van der Waals surface area (Å²) in [6.45, 7) is 6.46. The summed E-state index contributed by atoms with van der Waals surface area (Å²) in [5.74, 6) is -0.868. The first kappa shape index (κ1) is 11.7. The number of hydrogen-bond acceptors (Lipinski definition) is 2. The summed E-state index contributed by atoms with van der Waals surface area (Å²) < 4.78 is 15.5. The Kier molecular flexibility index (Phi) is 2.59. The fraction of sp³-hybridized carbons (Fsp3) is 0.600. The molecule has 84 valence electrons. The molecule has 15 heavy (non-hydrogen) atoms. The van der Waals surface area contributed by atoms with Gasteiger partial charge in [-0.3, -0.25) is 13.9 Å². The van der Waals surface area contributed by atoms with Gasteiger partial charge < -0.3 is 0 Å². The largest absolute Gasteiger partial charge is 0.331 e. The maximum Gasteiger partial charge on any atom is 0.331 e. The Morgan fingerprint density at radius 2 is 1.67 bits per heavy atom. The lowest BCUT2D eigenvalue weighted by Crippen LogP contribution is -2.49. The minimum atomic E-state index is -0.868. The normalized spacial score (nSPS) is 11.9. The highest BCUT2D eigenvalue weighted by Gasteiger charge is 2.22. The van der Waals surface area contributed by atoms with Crippen LogP contribution >= 0.6 is 0 Å². The fourth-order valence-electron chi connectivity index (χ4n) is 1.37. The molecule has 0 radical (unpaired) electrons. The standard InChI is InChI=1S/C10H15FN2O2/c1-6-7(11)8(14)13(10(2,3)4)9(15)12(6)5/h1-5H3. The van der Waals surface area contributed by atoms with Crippen LogP contribution in [0.2, 0.25) is 0 Å². The van der Waals surface area contributed by atoms with Gasteiger partial charge in [0.2, 0.25) is 5.82 Å². The van der Waals surface area contributed by atoms with Crippen molar-refractivity contribution in [2.24, 2.45) is 7.05 Å². The van der Waals surface area contributed by atoms with Crippen molar-refractivity contribution >= 4 is 0 Å². The first-order chi connectivity index (χ1) is 6.68. The van der Waals surface area contributed by atoms with Crippen LogP contribution in [0.3, 0.4) is 0 Å². The molecule has 0 saturated carbocycles. The summed E-state index contributed by atoms with van der Waals surface area (Å²) in [4.78, 5) is 23.4. The molecule has 0 aromatic carbocycles. The first-order valence-electron chi connectivity index (χ1n) is 4.66. The van der Waals surface area contributed by atoms with Crippen LogP contribution in [0.1, 0.15) is 26.5 Å². The molecule has 0 saturated heterocycles. The smallest absolute Gasteiger partial charge is 0.298 e. The van der Waals surface area contributed by atoms with Crippen molar-refractivity contribution in [1.29, 1.82) is 0 Å². The molecule has 0 spiro atoms. The van der Waals surface area contributed by atoms with E-state index < -0.39 is 22.6 Å². The van der Waals surface area contributed by atoms with Gasteiger partial charge in [-0.05, 0) is 27.7 Å². The fourth-order valence-corrected chi connectivity index (χ4v) is 1.37. The zero-order valence-electron chi connectivity index (χ0n) is 9.59. The van der Waals surface area contributed by atoms with Gasteiger partial charge in [-0.25, -0.2) is 4.79 Å². The molecule has 0 N–H and O–H groups in total. The van der Waals surface area contributed by atoms with E-state index in [4.69, 9.17) is 0 Å². The Morgan fingerprint density at radius 3 is 2.07 bits per heavy atom. The molecule has 0 bridgehead atoms. The summed E-state index contributed by atoms with van der Waals surface area (Å²) in [5.41, 5.74) is -2.01. The molecule has 0 atom stereocenters. The van der Waals surface area contributed by atoms with Crippen molar-refractivity contribution in [1.82, 2.24) is 9.13 Å². The van der Waals surface area contributed by atoms with Gasteiger partial charge in [0.1, 0.15) is 0 Å². The molecule has 0 aliphatic carbocycles. The quantitative estimate of drug-likeness (QED) is 0.639. The van der Waals surface area contributed by atoms with Gasteiger partial charge in [0.25, 0.3) is 5.56 Å². The van der Waals surface area contributed by atoms with E-state index >= 15 is 0 Å². The summed E-state index contributed by atoms with van der Waals surface area (Å²) >= 11 is 0. The topological polar surface area (TPSA) is 44.0 Å². The van der Waals surface area contributed by atoms with Crippen LogP contribution in [-0.2, 0) is 12.6 Å². The third-order valence-corrected chi connectivity index (χ3v) is 2.36. The molecule has 0 aliphatic heterocycles. The van der Waals surface area contributed by atoms with Gasteiger partial charge in [0, 0.05) is 12.6 Å². The Balaban J connectivity index is 3.86. The van der Waals surface area contributed by atoms with Crippen LogP contribution < -0.4 is 11.2 Å². The average molecular weight is 214 g/mol. The number of halogens is 1. The number of aromatic nitrogens is 2. The lowest BCUT2D eigenvalue weighted by atomic mass is 10.1. The minimum Gasteiger partial charge on any atom is -0.298 e. The van der Waals surface area contributed by atoms with E-state index in [1.54, 1.807) is 20.8 Å². The van der Waals surface area contributed by atoms with Crippen molar-refractivity contribution in [3.8, 4) is 0 Å². The SMILES string of the molecule is Cc1c(F)c(=O)n(C(C)(C)C)c(=O)n1C. The predicted octanol–water partition coefficient (Wildman–Crippen LogP) is 0.750. The Morgan fingerprint density at radius 1 is 1.20 bits per heavy atom. The van der Waals surface area contributed by atoms with E-state index in [1.165, 1.54) is 14.0 Å². The molecule has 1 aromatic rings. The van der Waals surface area contributed by atoms with Crippen LogP contribution in [0.25, 0.3) is 0 Å². The zero-order valence-corrected chi connectivity index (χ0v) is 9.59. The van der Waals surface area contributed by atoms with E-state index in [2.05, 4.69) is 0 Å². The average Bonchev–Trinajstić information content (AvgIpc) is 2.09. The molecule has 0 amide bonds. The minimum absolute atomic E-state index is 0.0606. The highest BCUT2D eigenvalue weighted by atomic mass is 19.1. The molecule has 4 nitrogen and oxygen atoms in total. The van der Waals surface area contributed by atoms with Gasteiger partial charge in [0.15, 0.2) is 0 Å². The maximum atomic E-state index is 13.5. The summed E-state index contributed by atoms with van der Waals surface area (Å²) in [6.07, 6.45) is 0. The predicted molar refractivity (Wildman–Crippen MR) is 55.6 cm³/mol. The van der Waals surface area contributed by atoms with E-state index in [-0.39, 0.29) is 5.69 Å². The lowest BCUT2D eigenvalue weighted by molar-refractivity contribution is 0.341. The summed E-state index contributed by atoms with van der Waals surface area (Å²) in [6, 6.07) is 0. The molecule has 0 fully saturated rings. The molecule has 1 aromatic heterocycles. The van der Waals surface area contributed by atoms with Crippen molar-refractivity contribution < 1.29 is 4.39 Å². The van der Waals surface area contributed by atoms with Crippen LogP contribution in [0.4, 0.5) is 4.39 Å². The molecular weight excluding hydrogens is 199 g/mol. The zero-order chi connectivity index (χ0) is 12.0. The van der Waals surface area contributed by atoms with E-state index in [0.29, 0.717) is 0 Å². The Bertz CT molecular complexity index is 469. The van der Waals surface area contributed by atoms with Gasteiger partial charge in [-0.1, -0.05) is 0 Å². The van der Waals surface area contributed by atoms with Gasteiger partial charge in [0.05, 0.1) is 5.69 Å². The number of hydrogen-bond donors (Lipinski definition) is 0. The highest BCUT2D eigenvalue weighted by Crippen LogP contribution is 2.08. The van der Waals surface area contributed by atoms with Crippen molar-refractivity contribution in [3.05, 3.63) is 32.3 Å².